The fourth-order valence-electron chi connectivity index (χ4n) is 3.70. The van der Waals surface area contributed by atoms with Crippen molar-refractivity contribution in [3.8, 4) is 0 Å². The maximum atomic E-state index is 13.3. The van der Waals surface area contributed by atoms with E-state index in [2.05, 4.69) is 9.97 Å². The highest BCUT2D eigenvalue weighted by Crippen LogP contribution is 2.26. The second kappa shape index (κ2) is 7.53. The summed E-state index contributed by atoms with van der Waals surface area (Å²) >= 11 is 1.93. The third-order valence-corrected chi connectivity index (χ3v) is 6.50. The number of aromatic nitrogens is 2. The maximum absolute atomic E-state index is 13.3. The molecule has 6 heteroatoms. The van der Waals surface area contributed by atoms with Crippen LogP contribution < -0.4 is 0 Å². The maximum Gasteiger partial charge on any atom is 0.254 e. The van der Waals surface area contributed by atoms with Crippen LogP contribution >= 0.6 is 11.8 Å². The van der Waals surface area contributed by atoms with E-state index in [1.54, 1.807) is 0 Å². The Morgan fingerprint density at radius 2 is 2.04 bits per heavy atom. The molecule has 2 atom stereocenters. The van der Waals surface area contributed by atoms with Crippen molar-refractivity contribution < 1.29 is 9.53 Å². The van der Waals surface area contributed by atoms with Gasteiger partial charge in [0.1, 0.15) is 0 Å². The summed E-state index contributed by atoms with van der Waals surface area (Å²) in [5.74, 6) is 2.24. The van der Waals surface area contributed by atoms with E-state index in [1.807, 2.05) is 48.7 Å². The molecule has 3 heterocycles. The predicted molar refractivity (Wildman–Crippen MR) is 105 cm³/mol. The van der Waals surface area contributed by atoms with Gasteiger partial charge in [-0.15, -0.1) is 0 Å². The van der Waals surface area contributed by atoms with E-state index >= 15 is 0 Å². The number of nitrogens with zero attached hydrogens (tertiary/aromatic N) is 3. The largest absolute Gasteiger partial charge is 0.376 e. The van der Waals surface area contributed by atoms with Gasteiger partial charge in [0, 0.05) is 30.5 Å². The molecule has 1 amide bonds. The van der Waals surface area contributed by atoms with Crippen molar-refractivity contribution in [2.24, 2.45) is 0 Å². The minimum absolute atomic E-state index is 0.0925. The molecular weight excluding hydrogens is 346 g/mol. The fraction of sp³-hybridized carbons (Fsp3) is 0.550. The number of benzene rings is 1. The van der Waals surface area contributed by atoms with E-state index in [0.717, 1.165) is 59.8 Å². The molecule has 0 aliphatic carbocycles. The SMILES string of the molecule is Cc1nc2ccc(C(=O)N(C[C@@H]3CCCO3)[C@@H]3CCSC3)cc2nc1C. The lowest BCUT2D eigenvalue weighted by Gasteiger charge is -2.31. The van der Waals surface area contributed by atoms with Crippen LogP contribution in [0, 0.1) is 13.8 Å². The standard InChI is InChI=1S/C20H25N3O2S/c1-13-14(2)22-19-10-15(5-6-18(19)21-13)20(24)23(16-7-9-26-12-16)11-17-4-3-8-25-17/h5-6,10,16-17H,3-4,7-9,11-12H2,1-2H3/t16-,17+/m1/s1. The van der Waals surface area contributed by atoms with E-state index in [4.69, 9.17) is 4.74 Å². The molecule has 1 aromatic carbocycles. The Morgan fingerprint density at radius 1 is 1.23 bits per heavy atom. The van der Waals surface area contributed by atoms with Crippen LogP contribution in [0.2, 0.25) is 0 Å². The molecule has 1 aromatic heterocycles. The fourth-order valence-corrected chi connectivity index (χ4v) is 4.93. The zero-order valence-electron chi connectivity index (χ0n) is 15.4. The Labute approximate surface area is 158 Å². The number of carbonyl (C=O) groups is 1. The van der Waals surface area contributed by atoms with Gasteiger partial charge < -0.3 is 9.64 Å². The Kier molecular flexibility index (Phi) is 5.14. The van der Waals surface area contributed by atoms with Crippen molar-refractivity contribution in [2.75, 3.05) is 24.7 Å². The smallest absolute Gasteiger partial charge is 0.254 e. The number of rotatable bonds is 4. The molecule has 2 aromatic rings. The van der Waals surface area contributed by atoms with Crippen molar-refractivity contribution in [3.63, 3.8) is 0 Å². The highest BCUT2D eigenvalue weighted by atomic mass is 32.2. The zero-order valence-corrected chi connectivity index (χ0v) is 16.2. The van der Waals surface area contributed by atoms with Gasteiger partial charge in [-0.25, -0.2) is 9.97 Å². The summed E-state index contributed by atoms with van der Waals surface area (Å²) in [6.45, 7) is 5.43. The van der Waals surface area contributed by atoms with Crippen LogP contribution in [0.1, 0.15) is 41.0 Å². The van der Waals surface area contributed by atoms with Crippen molar-refractivity contribution in [1.29, 1.82) is 0 Å². The first-order valence-corrected chi connectivity index (χ1v) is 10.5. The highest BCUT2D eigenvalue weighted by molar-refractivity contribution is 7.99. The molecule has 5 nitrogen and oxygen atoms in total. The third-order valence-electron chi connectivity index (χ3n) is 5.35. The Balaban J connectivity index is 1.63. The monoisotopic (exact) mass is 371 g/mol. The summed E-state index contributed by atoms with van der Waals surface area (Å²) in [6, 6.07) is 5.99. The van der Waals surface area contributed by atoms with Gasteiger partial charge in [0.05, 0.1) is 28.5 Å². The Bertz CT molecular complexity index is 814. The Morgan fingerprint density at radius 3 is 2.73 bits per heavy atom. The van der Waals surface area contributed by atoms with Crippen molar-refractivity contribution in [1.82, 2.24) is 14.9 Å². The minimum atomic E-state index is 0.0925. The van der Waals surface area contributed by atoms with Gasteiger partial charge >= 0.3 is 0 Å². The summed E-state index contributed by atoms with van der Waals surface area (Å²) in [6.07, 6.45) is 3.38. The number of hydrogen-bond donors (Lipinski definition) is 0. The molecule has 0 N–H and O–H groups in total. The van der Waals surface area contributed by atoms with E-state index < -0.39 is 0 Å². The number of fused-ring (bicyclic) bond motifs is 1. The van der Waals surface area contributed by atoms with Crippen LogP contribution in [0.4, 0.5) is 0 Å². The summed E-state index contributed by atoms with van der Waals surface area (Å²) in [7, 11) is 0. The van der Waals surface area contributed by atoms with Gasteiger partial charge in [-0.2, -0.15) is 11.8 Å². The van der Waals surface area contributed by atoms with Crippen LogP contribution in [0.15, 0.2) is 18.2 Å². The number of hydrogen-bond acceptors (Lipinski definition) is 5. The molecule has 0 spiro atoms. The highest BCUT2D eigenvalue weighted by Gasteiger charge is 2.31. The van der Waals surface area contributed by atoms with E-state index in [1.165, 1.54) is 0 Å². The number of thioether (sulfide) groups is 1. The van der Waals surface area contributed by atoms with Crippen molar-refractivity contribution in [2.45, 2.75) is 45.3 Å². The molecule has 0 saturated carbocycles. The molecule has 2 saturated heterocycles. The van der Waals surface area contributed by atoms with E-state index in [9.17, 15) is 4.79 Å². The van der Waals surface area contributed by atoms with Gasteiger partial charge in [-0.1, -0.05) is 0 Å². The van der Waals surface area contributed by atoms with Gasteiger partial charge in [0.2, 0.25) is 0 Å². The quantitative estimate of drug-likeness (QED) is 0.825. The molecule has 26 heavy (non-hydrogen) atoms. The van der Waals surface area contributed by atoms with Gasteiger partial charge in [-0.3, -0.25) is 4.79 Å². The number of aryl methyl sites for hydroxylation is 2. The zero-order chi connectivity index (χ0) is 18.1. The summed E-state index contributed by atoms with van der Waals surface area (Å²) in [4.78, 5) is 24.6. The second-order valence-corrected chi connectivity index (χ2v) is 8.36. The molecule has 2 aliphatic rings. The lowest BCUT2D eigenvalue weighted by Crippen LogP contribution is -2.44. The predicted octanol–water partition coefficient (Wildman–Crippen LogP) is 3.37. The van der Waals surface area contributed by atoms with Gasteiger partial charge in [-0.05, 0) is 57.1 Å². The van der Waals surface area contributed by atoms with Crippen LogP contribution in [0.25, 0.3) is 11.0 Å². The molecule has 0 radical (unpaired) electrons. The van der Waals surface area contributed by atoms with Crippen LogP contribution in [-0.2, 0) is 4.74 Å². The molecule has 2 fully saturated rings. The first kappa shape index (κ1) is 17.7. The topological polar surface area (TPSA) is 55.3 Å². The van der Waals surface area contributed by atoms with E-state index in [-0.39, 0.29) is 12.0 Å². The number of ether oxygens (including phenoxy) is 1. The molecule has 2 aliphatic heterocycles. The minimum Gasteiger partial charge on any atom is -0.376 e. The average Bonchev–Trinajstić information content (AvgIpc) is 3.33. The number of amides is 1. The van der Waals surface area contributed by atoms with Gasteiger partial charge in [0.25, 0.3) is 5.91 Å². The Hall–Kier alpha value is -1.66. The number of carbonyl (C=O) groups excluding carboxylic acids is 1. The average molecular weight is 372 g/mol. The second-order valence-electron chi connectivity index (χ2n) is 7.21. The molecule has 138 valence electrons. The first-order valence-electron chi connectivity index (χ1n) is 9.37. The summed E-state index contributed by atoms with van der Waals surface area (Å²) < 4.78 is 5.81. The molecule has 0 unspecified atom stereocenters. The lowest BCUT2D eigenvalue weighted by atomic mass is 10.1. The lowest BCUT2D eigenvalue weighted by molar-refractivity contribution is 0.0442. The van der Waals surface area contributed by atoms with Crippen LogP contribution in [-0.4, -0.2) is 57.6 Å². The molecule has 4 rings (SSSR count). The molecule has 0 bridgehead atoms. The summed E-state index contributed by atoms with van der Waals surface area (Å²) in [5.41, 5.74) is 4.17. The van der Waals surface area contributed by atoms with Gasteiger partial charge in [0.15, 0.2) is 0 Å². The first-order chi connectivity index (χ1) is 12.6. The normalized spacial score (nSPS) is 22.8. The third kappa shape index (κ3) is 3.58. The van der Waals surface area contributed by atoms with Crippen molar-refractivity contribution >= 4 is 28.7 Å². The summed E-state index contributed by atoms with van der Waals surface area (Å²) in [5, 5.41) is 0. The van der Waals surface area contributed by atoms with Crippen molar-refractivity contribution in [3.05, 3.63) is 35.2 Å². The van der Waals surface area contributed by atoms with Crippen LogP contribution in [0.3, 0.4) is 0 Å². The van der Waals surface area contributed by atoms with Crippen LogP contribution in [0.5, 0.6) is 0 Å². The van der Waals surface area contributed by atoms with E-state index in [0.29, 0.717) is 18.2 Å². The molecular formula is C20H25N3O2S.